The van der Waals surface area contributed by atoms with Crippen LogP contribution in [-0.4, -0.2) is 6.04 Å². The van der Waals surface area contributed by atoms with Crippen molar-refractivity contribution in [2.45, 2.75) is 26.3 Å². The Balaban J connectivity index is 2.17. The van der Waals surface area contributed by atoms with Gasteiger partial charge in [0.15, 0.2) is 0 Å². The molecule has 0 spiro atoms. The number of halogens is 2. The molecule has 106 valence electrons. The fraction of sp³-hybridized carbons (Fsp3) is 0.250. The van der Waals surface area contributed by atoms with E-state index in [-0.39, 0.29) is 11.9 Å². The molecule has 2 aromatic carbocycles. The highest BCUT2D eigenvalue weighted by molar-refractivity contribution is 9.10. The third-order valence-corrected chi connectivity index (χ3v) is 3.68. The van der Waals surface area contributed by atoms with Gasteiger partial charge >= 0.3 is 0 Å². The second-order valence-electron chi connectivity index (χ2n) is 4.95. The zero-order chi connectivity index (χ0) is 14.7. The first-order valence-electron chi connectivity index (χ1n) is 6.43. The Hall–Kier alpha value is -1.39. The molecule has 0 saturated heterocycles. The fourth-order valence-electron chi connectivity index (χ4n) is 1.88. The van der Waals surface area contributed by atoms with Crippen LogP contribution in [0.5, 0.6) is 11.5 Å². The van der Waals surface area contributed by atoms with Crippen molar-refractivity contribution in [1.82, 2.24) is 0 Å². The van der Waals surface area contributed by atoms with Crippen LogP contribution >= 0.6 is 15.9 Å². The maximum atomic E-state index is 13.5. The maximum absolute atomic E-state index is 13.5. The van der Waals surface area contributed by atoms with Crippen LogP contribution in [0.4, 0.5) is 4.39 Å². The van der Waals surface area contributed by atoms with Gasteiger partial charge in [0.2, 0.25) is 0 Å². The van der Waals surface area contributed by atoms with Crippen LogP contribution in [0.15, 0.2) is 40.9 Å². The summed E-state index contributed by atoms with van der Waals surface area (Å²) in [4.78, 5) is 0. The van der Waals surface area contributed by atoms with Crippen molar-refractivity contribution in [1.29, 1.82) is 0 Å². The van der Waals surface area contributed by atoms with Crippen LogP contribution in [0.2, 0.25) is 0 Å². The van der Waals surface area contributed by atoms with Gasteiger partial charge in [0, 0.05) is 16.6 Å². The molecule has 0 aliphatic heterocycles. The molecule has 0 aliphatic rings. The van der Waals surface area contributed by atoms with Gasteiger partial charge in [0.05, 0.1) is 0 Å². The first-order chi connectivity index (χ1) is 9.45. The SMILES string of the molecule is Cc1ccc(Oc2ccc(CC(C)N)c(Br)c2)cc1F. The normalized spacial score (nSPS) is 12.2. The van der Waals surface area contributed by atoms with Crippen LogP contribution in [0.25, 0.3) is 0 Å². The number of rotatable bonds is 4. The molecule has 2 aromatic rings. The van der Waals surface area contributed by atoms with E-state index >= 15 is 0 Å². The van der Waals surface area contributed by atoms with Gasteiger partial charge in [-0.05, 0) is 49.6 Å². The molecular formula is C16H17BrFNO. The summed E-state index contributed by atoms with van der Waals surface area (Å²) < 4.78 is 20.1. The molecule has 0 fully saturated rings. The maximum Gasteiger partial charge on any atom is 0.130 e. The average Bonchev–Trinajstić information content (AvgIpc) is 2.37. The number of ether oxygens (including phenoxy) is 1. The number of nitrogens with two attached hydrogens (primary N) is 1. The highest BCUT2D eigenvalue weighted by Gasteiger charge is 2.06. The Kier molecular flexibility index (Phi) is 4.78. The summed E-state index contributed by atoms with van der Waals surface area (Å²) >= 11 is 3.51. The second-order valence-corrected chi connectivity index (χ2v) is 5.80. The van der Waals surface area contributed by atoms with Crippen molar-refractivity contribution >= 4 is 15.9 Å². The first-order valence-corrected chi connectivity index (χ1v) is 7.23. The number of hydrogen-bond donors (Lipinski definition) is 1. The third kappa shape index (κ3) is 3.81. The van der Waals surface area contributed by atoms with Crippen LogP contribution in [0.1, 0.15) is 18.1 Å². The van der Waals surface area contributed by atoms with Crippen LogP contribution < -0.4 is 10.5 Å². The van der Waals surface area contributed by atoms with Crippen molar-refractivity contribution in [3.05, 3.63) is 57.8 Å². The van der Waals surface area contributed by atoms with Gasteiger partial charge in [-0.3, -0.25) is 0 Å². The van der Waals surface area contributed by atoms with Crippen molar-refractivity contribution < 1.29 is 9.13 Å². The molecule has 0 aliphatic carbocycles. The fourth-order valence-corrected chi connectivity index (χ4v) is 2.40. The van der Waals surface area contributed by atoms with Gasteiger partial charge in [0.1, 0.15) is 17.3 Å². The summed E-state index contributed by atoms with van der Waals surface area (Å²) in [6, 6.07) is 10.6. The summed E-state index contributed by atoms with van der Waals surface area (Å²) in [5.74, 6) is 0.878. The van der Waals surface area contributed by atoms with Crippen LogP contribution in [-0.2, 0) is 6.42 Å². The Labute approximate surface area is 126 Å². The van der Waals surface area contributed by atoms with Gasteiger partial charge in [-0.1, -0.05) is 28.1 Å². The van der Waals surface area contributed by atoms with E-state index in [0.29, 0.717) is 17.1 Å². The molecule has 2 N–H and O–H groups in total. The largest absolute Gasteiger partial charge is 0.457 e. The molecule has 20 heavy (non-hydrogen) atoms. The van der Waals surface area contributed by atoms with Gasteiger partial charge in [-0.25, -0.2) is 4.39 Å². The van der Waals surface area contributed by atoms with Gasteiger partial charge in [0.25, 0.3) is 0 Å². The molecule has 0 aromatic heterocycles. The molecule has 1 atom stereocenters. The lowest BCUT2D eigenvalue weighted by Crippen LogP contribution is -2.17. The van der Waals surface area contributed by atoms with E-state index in [1.807, 2.05) is 25.1 Å². The smallest absolute Gasteiger partial charge is 0.130 e. The first kappa shape index (κ1) is 15.0. The predicted octanol–water partition coefficient (Wildman–Crippen LogP) is 4.58. The third-order valence-electron chi connectivity index (χ3n) is 2.95. The molecule has 2 rings (SSSR count). The average molecular weight is 338 g/mol. The molecule has 2 nitrogen and oxygen atoms in total. The minimum atomic E-state index is -0.268. The Bertz CT molecular complexity index is 613. The molecule has 0 amide bonds. The highest BCUT2D eigenvalue weighted by atomic mass is 79.9. The van der Waals surface area contributed by atoms with Crippen molar-refractivity contribution in [3.63, 3.8) is 0 Å². The Morgan fingerprint density at radius 2 is 1.85 bits per heavy atom. The number of hydrogen-bond acceptors (Lipinski definition) is 2. The van der Waals surface area contributed by atoms with E-state index in [9.17, 15) is 4.39 Å². The van der Waals surface area contributed by atoms with Crippen LogP contribution in [0.3, 0.4) is 0 Å². The van der Waals surface area contributed by atoms with Gasteiger partial charge < -0.3 is 10.5 Å². The summed E-state index contributed by atoms with van der Waals surface area (Å²) in [5, 5.41) is 0. The summed E-state index contributed by atoms with van der Waals surface area (Å²) in [5.41, 5.74) is 7.52. The van der Waals surface area contributed by atoms with E-state index in [1.165, 1.54) is 6.07 Å². The molecule has 4 heteroatoms. The topological polar surface area (TPSA) is 35.2 Å². The lowest BCUT2D eigenvalue weighted by atomic mass is 10.1. The van der Waals surface area contributed by atoms with Gasteiger partial charge in [-0.15, -0.1) is 0 Å². The molecule has 0 saturated carbocycles. The highest BCUT2D eigenvalue weighted by Crippen LogP contribution is 2.28. The quantitative estimate of drug-likeness (QED) is 0.886. The van der Waals surface area contributed by atoms with Crippen LogP contribution in [0, 0.1) is 12.7 Å². The van der Waals surface area contributed by atoms with Crippen molar-refractivity contribution in [2.75, 3.05) is 0 Å². The van der Waals surface area contributed by atoms with E-state index in [1.54, 1.807) is 19.1 Å². The summed E-state index contributed by atoms with van der Waals surface area (Å²) in [6.45, 7) is 3.68. The molecule has 0 radical (unpaired) electrons. The molecule has 0 bridgehead atoms. The standard InChI is InChI=1S/C16H17BrFNO/c1-10-3-5-14(9-16(10)18)20-13-6-4-12(7-11(2)19)15(17)8-13/h3-6,8-9,11H,7,19H2,1-2H3. The summed E-state index contributed by atoms with van der Waals surface area (Å²) in [7, 11) is 0. The predicted molar refractivity (Wildman–Crippen MR) is 82.7 cm³/mol. The number of aryl methyl sites for hydroxylation is 1. The minimum Gasteiger partial charge on any atom is -0.457 e. The Morgan fingerprint density at radius 1 is 1.20 bits per heavy atom. The van der Waals surface area contributed by atoms with E-state index in [4.69, 9.17) is 10.5 Å². The van der Waals surface area contributed by atoms with E-state index in [2.05, 4.69) is 15.9 Å². The van der Waals surface area contributed by atoms with Crippen molar-refractivity contribution in [2.24, 2.45) is 5.73 Å². The van der Waals surface area contributed by atoms with E-state index < -0.39 is 0 Å². The second kappa shape index (κ2) is 6.37. The van der Waals surface area contributed by atoms with E-state index in [0.717, 1.165) is 16.5 Å². The summed E-state index contributed by atoms with van der Waals surface area (Å²) in [6.07, 6.45) is 0.792. The molecule has 0 heterocycles. The zero-order valence-electron chi connectivity index (χ0n) is 11.5. The minimum absolute atomic E-state index is 0.101. The molecular weight excluding hydrogens is 321 g/mol. The zero-order valence-corrected chi connectivity index (χ0v) is 13.1. The number of benzene rings is 2. The Morgan fingerprint density at radius 3 is 2.45 bits per heavy atom. The lowest BCUT2D eigenvalue weighted by Gasteiger charge is -2.11. The molecule has 1 unspecified atom stereocenters. The van der Waals surface area contributed by atoms with Gasteiger partial charge in [-0.2, -0.15) is 0 Å². The van der Waals surface area contributed by atoms with Crippen molar-refractivity contribution in [3.8, 4) is 11.5 Å². The lowest BCUT2D eigenvalue weighted by molar-refractivity contribution is 0.475. The monoisotopic (exact) mass is 337 g/mol.